The van der Waals surface area contributed by atoms with Gasteiger partial charge < -0.3 is 15.6 Å². The SMILES string of the molecule is C[C@H](Oc1cc2cc(F)cc(F)c2nc1N)c1cc2c(cnn2CC(=O)O)cc1-n1cccn1. The van der Waals surface area contributed by atoms with Crippen molar-refractivity contribution in [2.24, 2.45) is 0 Å². The zero-order valence-corrected chi connectivity index (χ0v) is 17.8. The third kappa shape index (κ3) is 3.76. The van der Waals surface area contributed by atoms with Gasteiger partial charge in [-0.25, -0.2) is 18.4 Å². The zero-order valence-electron chi connectivity index (χ0n) is 17.8. The van der Waals surface area contributed by atoms with Gasteiger partial charge >= 0.3 is 5.97 Å². The number of rotatable bonds is 6. The van der Waals surface area contributed by atoms with Gasteiger partial charge in [0.25, 0.3) is 0 Å². The molecule has 0 radical (unpaired) electrons. The normalized spacial score (nSPS) is 12.3. The van der Waals surface area contributed by atoms with Crippen molar-refractivity contribution in [1.29, 1.82) is 0 Å². The summed E-state index contributed by atoms with van der Waals surface area (Å²) in [5.74, 6) is -2.49. The number of benzene rings is 2. The van der Waals surface area contributed by atoms with Gasteiger partial charge in [0.1, 0.15) is 24.0 Å². The Morgan fingerprint density at radius 3 is 2.74 bits per heavy atom. The molecule has 2 aromatic carbocycles. The molecule has 11 heteroatoms. The zero-order chi connectivity index (χ0) is 24.0. The van der Waals surface area contributed by atoms with E-state index in [-0.39, 0.29) is 29.0 Å². The van der Waals surface area contributed by atoms with Crippen LogP contribution in [0.3, 0.4) is 0 Å². The largest absolute Gasteiger partial charge is 0.482 e. The summed E-state index contributed by atoms with van der Waals surface area (Å²) in [5, 5.41) is 18.6. The van der Waals surface area contributed by atoms with Crippen molar-refractivity contribution in [1.82, 2.24) is 24.5 Å². The first kappa shape index (κ1) is 21.3. The maximum Gasteiger partial charge on any atom is 0.325 e. The molecular formula is C23H18F2N6O3. The van der Waals surface area contributed by atoms with E-state index < -0.39 is 23.7 Å². The number of hydrogen-bond acceptors (Lipinski definition) is 6. The van der Waals surface area contributed by atoms with Gasteiger partial charge in [0.2, 0.25) is 0 Å². The predicted molar refractivity (Wildman–Crippen MR) is 120 cm³/mol. The Balaban J connectivity index is 1.60. The number of pyridine rings is 1. The summed E-state index contributed by atoms with van der Waals surface area (Å²) >= 11 is 0. The maximum absolute atomic E-state index is 14.1. The molecule has 0 aliphatic carbocycles. The molecule has 172 valence electrons. The van der Waals surface area contributed by atoms with Gasteiger partial charge in [-0.1, -0.05) is 0 Å². The van der Waals surface area contributed by atoms with E-state index >= 15 is 0 Å². The second kappa shape index (κ2) is 8.10. The van der Waals surface area contributed by atoms with Crippen molar-refractivity contribution in [3.05, 3.63) is 72.2 Å². The number of carbonyl (C=O) groups is 1. The Labute approximate surface area is 191 Å². The number of nitrogens with two attached hydrogens (primary N) is 1. The molecule has 1 atom stereocenters. The first-order chi connectivity index (χ1) is 16.3. The number of hydrogen-bond donors (Lipinski definition) is 2. The van der Waals surface area contributed by atoms with Crippen LogP contribution in [0.5, 0.6) is 5.75 Å². The Morgan fingerprint density at radius 2 is 2.00 bits per heavy atom. The number of nitrogens with zero attached hydrogens (tertiary/aromatic N) is 5. The predicted octanol–water partition coefficient (Wildman–Crippen LogP) is 3.86. The number of halogens is 2. The lowest BCUT2D eigenvalue weighted by Crippen LogP contribution is -2.12. The third-order valence-electron chi connectivity index (χ3n) is 5.40. The summed E-state index contributed by atoms with van der Waals surface area (Å²) in [6.07, 6.45) is 4.34. The van der Waals surface area contributed by atoms with Gasteiger partial charge in [-0.2, -0.15) is 10.2 Å². The summed E-state index contributed by atoms with van der Waals surface area (Å²) in [4.78, 5) is 15.3. The summed E-state index contributed by atoms with van der Waals surface area (Å²) in [5.41, 5.74) is 7.89. The van der Waals surface area contributed by atoms with Crippen LogP contribution in [0.25, 0.3) is 27.5 Å². The number of anilines is 1. The van der Waals surface area contributed by atoms with Gasteiger partial charge in [0, 0.05) is 34.8 Å². The summed E-state index contributed by atoms with van der Waals surface area (Å²) in [7, 11) is 0. The molecule has 0 spiro atoms. The molecule has 5 rings (SSSR count). The van der Waals surface area contributed by atoms with Crippen LogP contribution in [0.15, 0.2) is 55.0 Å². The van der Waals surface area contributed by atoms with Gasteiger partial charge in [0.05, 0.1) is 17.4 Å². The summed E-state index contributed by atoms with van der Waals surface area (Å²) in [6, 6.07) is 8.69. The number of aliphatic carboxylic acids is 1. The highest BCUT2D eigenvalue weighted by molar-refractivity contribution is 5.84. The highest BCUT2D eigenvalue weighted by Crippen LogP contribution is 2.34. The van der Waals surface area contributed by atoms with E-state index in [2.05, 4.69) is 15.2 Å². The fourth-order valence-corrected chi connectivity index (χ4v) is 3.87. The molecular weight excluding hydrogens is 446 g/mol. The summed E-state index contributed by atoms with van der Waals surface area (Å²) < 4.78 is 36.9. The molecule has 34 heavy (non-hydrogen) atoms. The minimum absolute atomic E-state index is 0.0532. The maximum atomic E-state index is 14.1. The van der Waals surface area contributed by atoms with E-state index in [0.29, 0.717) is 16.8 Å². The van der Waals surface area contributed by atoms with Crippen LogP contribution in [0.2, 0.25) is 0 Å². The lowest BCUT2D eigenvalue weighted by molar-refractivity contribution is -0.137. The Morgan fingerprint density at radius 1 is 1.18 bits per heavy atom. The van der Waals surface area contributed by atoms with E-state index in [1.165, 1.54) is 10.7 Å². The average molecular weight is 464 g/mol. The number of aromatic nitrogens is 5. The molecule has 3 aromatic heterocycles. The van der Waals surface area contributed by atoms with Crippen molar-refractivity contribution >= 4 is 33.6 Å². The van der Waals surface area contributed by atoms with E-state index in [1.54, 1.807) is 42.3 Å². The van der Waals surface area contributed by atoms with Crippen molar-refractivity contribution in [3.63, 3.8) is 0 Å². The lowest BCUT2D eigenvalue weighted by Gasteiger charge is -2.20. The van der Waals surface area contributed by atoms with Crippen LogP contribution < -0.4 is 10.5 Å². The van der Waals surface area contributed by atoms with Crippen molar-refractivity contribution in [2.75, 3.05) is 5.73 Å². The third-order valence-corrected chi connectivity index (χ3v) is 5.40. The molecule has 3 N–H and O–H groups in total. The van der Waals surface area contributed by atoms with Crippen molar-refractivity contribution in [3.8, 4) is 11.4 Å². The molecule has 0 saturated heterocycles. The minimum atomic E-state index is -1.03. The quantitative estimate of drug-likeness (QED) is 0.391. The molecule has 9 nitrogen and oxygen atoms in total. The Hall–Kier alpha value is -4.54. The van der Waals surface area contributed by atoms with Crippen molar-refractivity contribution < 1.29 is 23.4 Å². The Bertz CT molecular complexity index is 1550. The second-order valence-electron chi connectivity index (χ2n) is 7.71. The molecule has 0 aliphatic heterocycles. The van der Waals surface area contributed by atoms with E-state index in [1.807, 2.05) is 6.07 Å². The highest BCUT2D eigenvalue weighted by atomic mass is 19.1. The molecule has 5 aromatic rings. The van der Waals surface area contributed by atoms with Crippen LogP contribution in [0.1, 0.15) is 18.6 Å². The molecule has 0 aliphatic rings. The molecule has 3 heterocycles. The van der Waals surface area contributed by atoms with Crippen LogP contribution in [0, 0.1) is 11.6 Å². The molecule has 0 unspecified atom stereocenters. The number of carboxylic acids is 1. The van der Waals surface area contributed by atoms with Crippen molar-refractivity contribution in [2.45, 2.75) is 19.6 Å². The molecule has 0 fully saturated rings. The highest BCUT2D eigenvalue weighted by Gasteiger charge is 2.20. The van der Waals surface area contributed by atoms with E-state index in [0.717, 1.165) is 17.5 Å². The Kier molecular flexibility index (Phi) is 5.08. The number of ether oxygens (including phenoxy) is 1. The van der Waals surface area contributed by atoms with Crippen LogP contribution in [0.4, 0.5) is 14.6 Å². The number of nitrogen functional groups attached to an aromatic ring is 1. The van der Waals surface area contributed by atoms with E-state index in [9.17, 15) is 18.7 Å². The molecule has 0 saturated carbocycles. The fourth-order valence-electron chi connectivity index (χ4n) is 3.87. The molecule has 0 bridgehead atoms. The average Bonchev–Trinajstić information content (AvgIpc) is 3.44. The van der Waals surface area contributed by atoms with Crippen LogP contribution in [-0.2, 0) is 11.3 Å². The van der Waals surface area contributed by atoms with Gasteiger partial charge in [-0.15, -0.1) is 0 Å². The second-order valence-corrected chi connectivity index (χ2v) is 7.71. The first-order valence-corrected chi connectivity index (χ1v) is 10.2. The molecule has 0 amide bonds. The van der Waals surface area contributed by atoms with Gasteiger partial charge in [-0.05, 0) is 37.3 Å². The summed E-state index contributed by atoms with van der Waals surface area (Å²) in [6.45, 7) is 1.46. The van der Waals surface area contributed by atoms with Gasteiger partial charge in [0.15, 0.2) is 17.4 Å². The minimum Gasteiger partial charge on any atom is -0.482 e. The van der Waals surface area contributed by atoms with E-state index in [4.69, 9.17) is 10.5 Å². The van der Waals surface area contributed by atoms with Crippen LogP contribution >= 0.6 is 0 Å². The topological polar surface area (TPSA) is 121 Å². The van der Waals surface area contributed by atoms with Gasteiger partial charge in [-0.3, -0.25) is 9.48 Å². The standard InChI is InChI=1S/C23H18F2N6O3/c1-12(34-20-7-13-5-15(24)8-17(25)22(13)29-23(20)26)16-9-18-14(10-28-31(18)11-21(32)33)6-19(16)30-4-2-3-27-30/h2-10,12H,11H2,1H3,(H2,26,29)(H,32,33)/t12-/m0/s1. The monoisotopic (exact) mass is 464 g/mol. The van der Waals surface area contributed by atoms with Crippen LogP contribution in [-0.4, -0.2) is 35.6 Å². The first-order valence-electron chi connectivity index (χ1n) is 10.2. The number of fused-ring (bicyclic) bond motifs is 2. The lowest BCUT2D eigenvalue weighted by atomic mass is 10.1. The number of carboxylic acid groups (broad SMARTS) is 1. The fraction of sp³-hybridized carbons (Fsp3) is 0.130. The smallest absolute Gasteiger partial charge is 0.325 e.